The van der Waals surface area contributed by atoms with Crippen molar-refractivity contribution in [3.63, 3.8) is 0 Å². The van der Waals surface area contributed by atoms with Crippen molar-refractivity contribution in [3.8, 4) is 5.75 Å². The summed E-state index contributed by atoms with van der Waals surface area (Å²) in [6.45, 7) is 13.5. The van der Waals surface area contributed by atoms with Crippen molar-refractivity contribution in [1.82, 2.24) is 15.5 Å². The second-order valence-electron chi connectivity index (χ2n) is 7.42. The normalized spacial score (nSPS) is 17.7. The Kier molecular flexibility index (Phi) is 10.1. The summed E-state index contributed by atoms with van der Waals surface area (Å²) in [5, 5.41) is 6.91. The molecule has 2 rings (SSSR count). The van der Waals surface area contributed by atoms with Crippen molar-refractivity contribution in [2.24, 2.45) is 10.9 Å². The van der Waals surface area contributed by atoms with E-state index in [1.165, 1.54) is 38.0 Å². The van der Waals surface area contributed by atoms with Gasteiger partial charge in [0.2, 0.25) is 0 Å². The van der Waals surface area contributed by atoms with Crippen molar-refractivity contribution in [3.05, 3.63) is 29.3 Å². The highest BCUT2D eigenvalue weighted by molar-refractivity contribution is 5.79. The van der Waals surface area contributed by atoms with Gasteiger partial charge in [0.15, 0.2) is 5.96 Å². The lowest BCUT2D eigenvalue weighted by molar-refractivity contribution is 0.110. The van der Waals surface area contributed by atoms with E-state index in [2.05, 4.69) is 52.6 Å². The molecule has 1 aromatic carbocycles. The lowest BCUT2D eigenvalue weighted by Crippen LogP contribution is -2.40. The second-order valence-corrected chi connectivity index (χ2v) is 7.42. The molecule has 2 N–H and O–H groups in total. The predicted octanol–water partition coefficient (Wildman–Crippen LogP) is 2.81. The molecule has 0 aromatic heterocycles. The molecule has 28 heavy (non-hydrogen) atoms. The van der Waals surface area contributed by atoms with Gasteiger partial charge in [0.1, 0.15) is 12.4 Å². The van der Waals surface area contributed by atoms with Crippen molar-refractivity contribution in [2.45, 2.75) is 40.2 Å². The third-order valence-corrected chi connectivity index (χ3v) is 5.05. The number of nitrogens with one attached hydrogen (secondary N) is 2. The largest absolute Gasteiger partial charge is 0.491 e. The lowest BCUT2D eigenvalue weighted by Gasteiger charge is -2.18. The summed E-state index contributed by atoms with van der Waals surface area (Å²) in [6, 6.07) is 6.31. The van der Waals surface area contributed by atoms with Crippen LogP contribution in [0.1, 0.15) is 37.8 Å². The molecule has 0 saturated carbocycles. The van der Waals surface area contributed by atoms with Crippen LogP contribution in [0.15, 0.2) is 23.2 Å². The van der Waals surface area contributed by atoms with Crippen LogP contribution in [0.5, 0.6) is 5.75 Å². The minimum atomic E-state index is 0.563. The average Bonchev–Trinajstić information content (AvgIpc) is 3.14. The topological polar surface area (TPSA) is 58.1 Å². The Morgan fingerprint density at radius 1 is 1.25 bits per heavy atom. The predicted molar refractivity (Wildman–Crippen MR) is 116 cm³/mol. The minimum Gasteiger partial charge on any atom is -0.491 e. The molecule has 0 radical (unpaired) electrons. The van der Waals surface area contributed by atoms with E-state index in [4.69, 9.17) is 9.47 Å². The number of rotatable bonds is 11. The van der Waals surface area contributed by atoms with Crippen LogP contribution in [-0.4, -0.2) is 63.9 Å². The first-order valence-electron chi connectivity index (χ1n) is 10.6. The van der Waals surface area contributed by atoms with E-state index < -0.39 is 0 Å². The Bertz CT molecular complexity index is 606. The Hall–Kier alpha value is -1.79. The first kappa shape index (κ1) is 22.5. The zero-order chi connectivity index (χ0) is 20.2. The van der Waals surface area contributed by atoms with Crippen LogP contribution in [0.25, 0.3) is 0 Å². The van der Waals surface area contributed by atoms with Gasteiger partial charge in [-0.2, -0.15) is 0 Å². The fraction of sp³-hybridized carbons (Fsp3) is 0.682. The SMILES string of the molecule is CCCN1CCC(CNC(=NC)NCc2ccc(C)cc2OCCOCC)C1. The van der Waals surface area contributed by atoms with Crippen molar-refractivity contribution < 1.29 is 9.47 Å². The van der Waals surface area contributed by atoms with E-state index in [0.717, 1.165) is 23.8 Å². The summed E-state index contributed by atoms with van der Waals surface area (Å²) >= 11 is 0. The number of aryl methyl sites for hydroxylation is 1. The standard InChI is InChI=1S/C22H38N4O2/c1-5-10-26-11-9-19(17-26)15-24-22(23-4)25-16-20-8-7-18(3)14-21(20)28-13-12-27-6-2/h7-8,14,19H,5-6,9-13,15-17H2,1-4H3,(H2,23,24,25). The summed E-state index contributed by atoms with van der Waals surface area (Å²) in [5.74, 6) is 2.45. The molecule has 1 saturated heterocycles. The Morgan fingerprint density at radius 3 is 2.86 bits per heavy atom. The Labute approximate surface area is 170 Å². The van der Waals surface area contributed by atoms with Gasteiger partial charge in [0, 0.05) is 38.9 Å². The molecule has 158 valence electrons. The van der Waals surface area contributed by atoms with Crippen LogP contribution in [0.4, 0.5) is 0 Å². The highest BCUT2D eigenvalue weighted by Crippen LogP contribution is 2.20. The molecular weight excluding hydrogens is 352 g/mol. The maximum absolute atomic E-state index is 5.93. The van der Waals surface area contributed by atoms with Crippen molar-refractivity contribution in [1.29, 1.82) is 0 Å². The van der Waals surface area contributed by atoms with Crippen LogP contribution in [0.3, 0.4) is 0 Å². The van der Waals surface area contributed by atoms with Crippen LogP contribution in [0.2, 0.25) is 0 Å². The quantitative estimate of drug-likeness (QED) is 0.346. The smallest absolute Gasteiger partial charge is 0.191 e. The fourth-order valence-corrected chi connectivity index (χ4v) is 3.54. The summed E-state index contributed by atoms with van der Waals surface area (Å²) in [7, 11) is 1.82. The molecule has 6 nitrogen and oxygen atoms in total. The molecule has 1 fully saturated rings. The van der Waals surface area contributed by atoms with Crippen LogP contribution < -0.4 is 15.4 Å². The number of hydrogen-bond acceptors (Lipinski definition) is 4. The van der Waals surface area contributed by atoms with Gasteiger partial charge in [-0.1, -0.05) is 19.1 Å². The summed E-state index contributed by atoms with van der Waals surface area (Å²) in [4.78, 5) is 6.93. The summed E-state index contributed by atoms with van der Waals surface area (Å²) in [5.41, 5.74) is 2.32. The molecule has 1 heterocycles. The molecule has 1 aromatic rings. The van der Waals surface area contributed by atoms with Gasteiger partial charge in [0.25, 0.3) is 0 Å². The maximum Gasteiger partial charge on any atom is 0.191 e. The maximum atomic E-state index is 5.93. The first-order valence-corrected chi connectivity index (χ1v) is 10.6. The molecule has 0 amide bonds. The van der Waals surface area contributed by atoms with Gasteiger partial charge in [-0.15, -0.1) is 0 Å². The Balaban J connectivity index is 1.80. The zero-order valence-electron chi connectivity index (χ0n) is 18.1. The molecule has 1 unspecified atom stereocenters. The number of likely N-dealkylation sites (tertiary alicyclic amines) is 1. The van der Waals surface area contributed by atoms with Gasteiger partial charge >= 0.3 is 0 Å². The first-order chi connectivity index (χ1) is 13.7. The van der Waals surface area contributed by atoms with E-state index in [-0.39, 0.29) is 0 Å². The monoisotopic (exact) mass is 390 g/mol. The number of ether oxygens (including phenoxy) is 2. The third-order valence-electron chi connectivity index (χ3n) is 5.05. The Morgan fingerprint density at radius 2 is 2.11 bits per heavy atom. The number of aliphatic imine (C=N–C) groups is 1. The summed E-state index contributed by atoms with van der Waals surface area (Å²) in [6.07, 6.45) is 2.49. The van der Waals surface area contributed by atoms with Gasteiger partial charge in [-0.3, -0.25) is 4.99 Å². The molecule has 1 aliphatic heterocycles. The lowest BCUT2D eigenvalue weighted by atomic mass is 10.1. The highest BCUT2D eigenvalue weighted by atomic mass is 16.5. The number of hydrogen-bond donors (Lipinski definition) is 2. The third kappa shape index (κ3) is 7.68. The van der Waals surface area contributed by atoms with E-state index in [1.807, 2.05) is 14.0 Å². The molecule has 1 aliphatic rings. The van der Waals surface area contributed by atoms with Crippen molar-refractivity contribution in [2.75, 3.05) is 53.0 Å². The highest BCUT2D eigenvalue weighted by Gasteiger charge is 2.21. The summed E-state index contributed by atoms with van der Waals surface area (Å²) < 4.78 is 11.3. The fourth-order valence-electron chi connectivity index (χ4n) is 3.54. The molecule has 1 atom stereocenters. The van der Waals surface area contributed by atoms with Crippen molar-refractivity contribution >= 4 is 5.96 Å². The van der Waals surface area contributed by atoms with E-state index in [0.29, 0.717) is 32.3 Å². The molecular formula is C22H38N4O2. The van der Waals surface area contributed by atoms with Gasteiger partial charge in [-0.25, -0.2) is 0 Å². The molecule has 0 aliphatic carbocycles. The van der Waals surface area contributed by atoms with Crippen LogP contribution >= 0.6 is 0 Å². The van der Waals surface area contributed by atoms with E-state index in [1.54, 1.807) is 0 Å². The average molecular weight is 391 g/mol. The number of benzene rings is 1. The molecule has 0 spiro atoms. The van der Waals surface area contributed by atoms with Gasteiger partial charge in [-0.05, 0) is 57.3 Å². The minimum absolute atomic E-state index is 0.563. The number of guanidine groups is 1. The molecule has 0 bridgehead atoms. The van der Waals surface area contributed by atoms with Gasteiger partial charge in [0.05, 0.1) is 6.61 Å². The number of nitrogens with zero attached hydrogens (tertiary/aromatic N) is 2. The van der Waals surface area contributed by atoms with Crippen LogP contribution in [-0.2, 0) is 11.3 Å². The van der Waals surface area contributed by atoms with Gasteiger partial charge < -0.3 is 25.0 Å². The van der Waals surface area contributed by atoms with Crippen LogP contribution in [0, 0.1) is 12.8 Å². The molecule has 6 heteroatoms. The van der Waals surface area contributed by atoms with E-state index >= 15 is 0 Å². The zero-order valence-corrected chi connectivity index (χ0v) is 18.1. The second kappa shape index (κ2) is 12.6. The van der Waals surface area contributed by atoms with E-state index in [9.17, 15) is 0 Å².